The number of ketones is 1. The number of rotatable bonds is 7. The predicted molar refractivity (Wildman–Crippen MR) is 125 cm³/mol. The first-order valence-corrected chi connectivity index (χ1v) is 11.5. The summed E-state index contributed by atoms with van der Waals surface area (Å²) in [5.41, 5.74) is 3.55. The molecule has 1 aliphatic rings. The number of pyridine rings is 1. The fraction of sp³-hybridized carbons (Fsp3) is 0.480. The Morgan fingerprint density at radius 2 is 1.91 bits per heavy atom. The first kappa shape index (κ1) is 24.3. The molecule has 172 valence electrons. The average molecular weight is 460 g/mol. The number of benzene rings is 1. The second-order valence-corrected chi connectivity index (χ2v) is 9.07. The van der Waals surface area contributed by atoms with Gasteiger partial charge in [-0.2, -0.15) is 0 Å². The number of Topliss-reactive ketones (excluding diaryl/α,β-unsaturated/α-hetero) is 1. The highest BCUT2D eigenvalue weighted by atomic mass is 35.5. The van der Waals surface area contributed by atoms with Crippen molar-refractivity contribution in [3.63, 3.8) is 0 Å². The van der Waals surface area contributed by atoms with Crippen LogP contribution in [0.2, 0.25) is 5.02 Å². The standard InChI is InChI=1S/C25H31ClFN3O2/c1-5-6-25(32)30-8-7-29(14-16(30)2)15-21-10-22(27)9-19(17(21)3)12-24(31)20-11-23(26)18(4)28-13-20/h9-11,13,16H,5-8,12,14-15H2,1-4H3/t16-/m0/s1. The van der Waals surface area contributed by atoms with Crippen molar-refractivity contribution in [2.45, 2.75) is 59.5 Å². The summed E-state index contributed by atoms with van der Waals surface area (Å²) in [5, 5.41) is 0.443. The van der Waals surface area contributed by atoms with Crippen LogP contribution < -0.4 is 0 Å². The van der Waals surface area contributed by atoms with Crippen molar-refractivity contribution in [3.8, 4) is 0 Å². The summed E-state index contributed by atoms with van der Waals surface area (Å²) in [7, 11) is 0. The van der Waals surface area contributed by atoms with E-state index in [4.69, 9.17) is 11.6 Å². The van der Waals surface area contributed by atoms with Gasteiger partial charge in [0.1, 0.15) is 5.82 Å². The first-order chi connectivity index (χ1) is 15.2. The van der Waals surface area contributed by atoms with E-state index in [9.17, 15) is 14.0 Å². The van der Waals surface area contributed by atoms with Gasteiger partial charge >= 0.3 is 0 Å². The van der Waals surface area contributed by atoms with E-state index in [1.54, 1.807) is 19.1 Å². The Morgan fingerprint density at radius 1 is 1.19 bits per heavy atom. The van der Waals surface area contributed by atoms with E-state index in [-0.39, 0.29) is 30.0 Å². The van der Waals surface area contributed by atoms with Crippen molar-refractivity contribution in [1.29, 1.82) is 0 Å². The Balaban J connectivity index is 1.72. The molecule has 5 nitrogen and oxygen atoms in total. The molecule has 1 atom stereocenters. The fourth-order valence-electron chi connectivity index (χ4n) is 4.22. The molecule has 2 heterocycles. The SMILES string of the molecule is CCCC(=O)N1CCN(Cc2cc(F)cc(CC(=O)c3cnc(C)c(Cl)c3)c2C)C[C@@H]1C. The van der Waals surface area contributed by atoms with Gasteiger partial charge in [0.2, 0.25) is 5.91 Å². The minimum Gasteiger partial charge on any atom is -0.337 e. The second kappa shape index (κ2) is 10.5. The zero-order chi connectivity index (χ0) is 23.4. The predicted octanol–water partition coefficient (Wildman–Crippen LogP) is 4.75. The van der Waals surface area contributed by atoms with Crippen molar-refractivity contribution in [3.05, 3.63) is 63.2 Å². The van der Waals surface area contributed by atoms with Gasteiger partial charge < -0.3 is 4.90 Å². The number of hydrogen-bond acceptors (Lipinski definition) is 4. The summed E-state index contributed by atoms with van der Waals surface area (Å²) >= 11 is 6.11. The molecule has 0 N–H and O–H groups in total. The Kier molecular flexibility index (Phi) is 8.01. The van der Waals surface area contributed by atoms with Gasteiger partial charge in [-0.25, -0.2) is 4.39 Å². The highest BCUT2D eigenvalue weighted by Gasteiger charge is 2.27. The van der Waals surface area contributed by atoms with Crippen molar-refractivity contribution in [1.82, 2.24) is 14.8 Å². The number of carbonyl (C=O) groups excluding carboxylic acids is 2. The number of aryl methyl sites for hydroxylation is 1. The first-order valence-electron chi connectivity index (χ1n) is 11.1. The van der Waals surface area contributed by atoms with Crippen LogP contribution >= 0.6 is 11.6 Å². The molecule has 0 radical (unpaired) electrons. The molecule has 0 aliphatic carbocycles. The highest BCUT2D eigenvalue weighted by molar-refractivity contribution is 6.31. The lowest BCUT2D eigenvalue weighted by atomic mass is 9.95. The van der Waals surface area contributed by atoms with Crippen LogP contribution in [0, 0.1) is 19.7 Å². The summed E-state index contributed by atoms with van der Waals surface area (Å²) in [6.45, 7) is 10.5. The van der Waals surface area contributed by atoms with Gasteiger partial charge in [-0.1, -0.05) is 18.5 Å². The van der Waals surface area contributed by atoms with Gasteiger partial charge in [-0.15, -0.1) is 0 Å². The molecule has 3 rings (SSSR count). The van der Waals surface area contributed by atoms with Gasteiger partial charge in [0.05, 0.1) is 10.7 Å². The monoisotopic (exact) mass is 459 g/mol. The fourth-order valence-corrected chi connectivity index (χ4v) is 4.39. The third-order valence-electron chi connectivity index (χ3n) is 6.18. The van der Waals surface area contributed by atoms with Gasteiger partial charge in [0, 0.05) is 56.8 Å². The summed E-state index contributed by atoms with van der Waals surface area (Å²) in [6.07, 6.45) is 3.03. The van der Waals surface area contributed by atoms with Gasteiger partial charge in [0.25, 0.3) is 0 Å². The molecule has 1 saturated heterocycles. The summed E-state index contributed by atoms with van der Waals surface area (Å²) in [5.74, 6) is -0.290. The van der Waals surface area contributed by atoms with Crippen molar-refractivity contribution in [2.75, 3.05) is 19.6 Å². The number of piperazine rings is 1. The Hall–Kier alpha value is -2.31. The summed E-state index contributed by atoms with van der Waals surface area (Å²) < 4.78 is 14.4. The second-order valence-electron chi connectivity index (χ2n) is 8.66. The van der Waals surface area contributed by atoms with Crippen molar-refractivity contribution >= 4 is 23.3 Å². The molecule has 1 aromatic heterocycles. The molecule has 0 saturated carbocycles. The third-order valence-corrected chi connectivity index (χ3v) is 6.56. The van der Waals surface area contributed by atoms with Crippen LogP contribution in [-0.2, 0) is 17.8 Å². The Bertz CT molecular complexity index is 1010. The number of hydrogen-bond donors (Lipinski definition) is 0. The molecule has 1 fully saturated rings. The van der Waals surface area contributed by atoms with Gasteiger partial charge in [-0.3, -0.25) is 19.5 Å². The lowest BCUT2D eigenvalue weighted by Crippen LogP contribution is -2.53. The van der Waals surface area contributed by atoms with Gasteiger partial charge in [0.15, 0.2) is 5.78 Å². The zero-order valence-corrected chi connectivity index (χ0v) is 20.0. The lowest BCUT2D eigenvalue weighted by Gasteiger charge is -2.40. The van der Waals surface area contributed by atoms with Crippen molar-refractivity contribution in [2.24, 2.45) is 0 Å². The number of aromatic nitrogens is 1. The maximum atomic E-state index is 14.4. The zero-order valence-electron chi connectivity index (χ0n) is 19.3. The number of nitrogens with zero attached hydrogens (tertiary/aromatic N) is 3. The summed E-state index contributed by atoms with van der Waals surface area (Å²) in [6, 6.07) is 4.72. The third kappa shape index (κ3) is 5.73. The molecule has 0 spiro atoms. The van der Waals surface area contributed by atoms with Crippen LogP contribution in [0.1, 0.15) is 59.4 Å². The van der Waals surface area contributed by atoms with Crippen LogP contribution in [0.3, 0.4) is 0 Å². The highest BCUT2D eigenvalue weighted by Crippen LogP contribution is 2.23. The van der Waals surface area contributed by atoms with E-state index in [1.165, 1.54) is 12.3 Å². The largest absolute Gasteiger partial charge is 0.337 e. The quantitative estimate of drug-likeness (QED) is 0.561. The molecule has 32 heavy (non-hydrogen) atoms. The van der Waals surface area contributed by atoms with Crippen LogP contribution in [0.15, 0.2) is 24.4 Å². The topological polar surface area (TPSA) is 53.5 Å². The number of carbonyl (C=O) groups is 2. The normalized spacial score (nSPS) is 16.9. The van der Waals surface area contributed by atoms with E-state index in [0.29, 0.717) is 41.4 Å². The van der Waals surface area contributed by atoms with E-state index in [2.05, 4.69) is 16.8 Å². The van der Waals surface area contributed by atoms with Gasteiger partial charge in [-0.05, 0) is 62.1 Å². The summed E-state index contributed by atoms with van der Waals surface area (Å²) in [4.78, 5) is 33.4. The number of halogens is 2. The molecule has 2 aromatic rings. The van der Waals surface area contributed by atoms with E-state index < -0.39 is 0 Å². The maximum absolute atomic E-state index is 14.4. The Labute approximate surface area is 194 Å². The van der Waals surface area contributed by atoms with Crippen LogP contribution in [0.5, 0.6) is 0 Å². The van der Waals surface area contributed by atoms with Crippen molar-refractivity contribution < 1.29 is 14.0 Å². The molecule has 1 aliphatic heterocycles. The molecular weight excluding hydrogens is 429 g/mol. The number of amides is 1. The smallest absolute Gasteiger partial charge is 0.222 e. The molecular formula is C25H31ClFN3O2. The van der Waals surface area contributed by atoms with Crippen LogP contribution in [0.4, 0.5) is 4.39 Å². The van der Waals surface area contributed by atoms with Crippen LogP contribution in [-0.4, -0.2) is 52.2 Å². The average Bonchev–Trinajstić information content (AvgIpc) is 2.73. The molecule has 7 heteroatoms. The maximum Gasteiger partial charge on any atom is 0.222 e. The Morgan fingerprint density at radius 3 is 2.56 bits per heavy atom. The molecule has 1 amide bonds. The molecule has 1 aromatic carbocycles. The molecule has 0 bridgehead atoms. The van der Waals surface area contributed by atoms with E-state index in [1.807, 2.05) is 18.7 Å². The van der Waals surface area contributed by atoms with Crippen LogP contribution in [0.25, 0.3) is 0 Å². The minimum absolute atomic E-state index is 0.0906. The molecule has 0 unspecified atom stereocenters. The lowest BCUT2D eigenvalue weighted by molar-refractivity contribution is -0.135. The minimum atomic E-state index is -0.349. The van der Waals surface area contributed by atoms with E-state index >= 15 is 0 Å². The van der Waals surface area contributed by atoms with E-state index in [0.717, 1.165) is 30.6 Å².